The Bertz CT molecular complexity index is 911. The predicted molar refractivity (Wildman–Crippen MR) is 101 cm³/mol. The molecule has 0 aliphatic carbocycles. The van der Waals surface area contributed by atoms with E-state index in [4.69, 9.17) is 15.9 Å². The average Bonchev–Trinajstić information content (AvgIpc) is 3.07. The summed E-state index contributed by atoms with van der Waals surface area (Å²) in [6.45, 7) is -0.823. The second-order valence-corrected chi connectivity index (χ2v) is 6.41. The highest BCUT2D eigenvalue weighted by Gasteiger charge is 2.29. The van der Waals surface area contributed by atoms with Gasteiger partial charge in [-0.1, -0.05) is 18.2 Å². The molecule has 1 aromatic carbocycles. The van der Waals surface area contributed by atoms with E-state index in [9.17, 15) is 24.3 Å². The molecule has 2 amide bonds. The number of aliphatic hydroxyl groups is 1. The number of aromatic nitrogens is 1. The summed E-state index contributed by atoms with van der Waals surface area (Å²) in [4.78, 5) is 49.3. The van der Waals surface area contributed by atoms with Gasteiger partial charge in [0.2, 0.25) is 11.8 Å². The van der Waals surface area contributed by atoms with E-state index in [0.717, 1.165) is 16.5 Å². The van der Waals surface area contributed by atoms with Gasteiger partial charge < -0.3 is 36.7 Å². The average molecular weight is 406 g/mol. The van der Waals surface area contributed by atoms with Crippen molar-refractivity contribution in [1.29, 1.82) is 0 Å². The van der Waals surface area contributed by atoms with Gasteiger partial charge >= 0.3 is 11.9 Å². The Morgan fingerprint density at radius 2 is 1.69 bits per heavy atom. The summed E-state index contributed by atoms with van der Waals surface area (Å²) in [5.74, 6) is -4.74. The van der Waals surface area contributed by atoms with Crippen molar-refractivity contribution in [3.8, 4) is 0 Å². The van der Waals surface area contributed by atoms with Crippen molar-refractivity contribution in [3.63, 3.8) is 0 Å². The number of aliphatic hydroxyl groups excluding tert-OH is 1. The second kappa shape index (κ2) is 9.66. The van der Waals surface area contributed by atoms with Gasteiger partial charge in [-0.25, -0.2) is 4.79 Å². The third kappa shape index (κ3) is 5.77. The van der Waals surface area contributed by atoms with Crippen LogP contribution in [0.4, 0.5) is 0 Å². The number of carboxylic acids is 2. The molecule has 2 rings (SSSR count). The van der Waals surface area contributed by atoms with Crippen LogP contribution >= 0.6 is 0 Å². The Labute approximate surface area is 164 Å². The minimum Gasteiger partial charge on any atom is -0.481 e. The van der Waals surface area contributed by atoms with E-state index in [1.165, 1.54) is 0 Å². The second-order valence-electron chi connectivity index (χ2n) is 6.41. The summed E-state index contributed by atoms with van der Waals surface area (Å²) < 4.78 is 0. The molecule has 3 atom stereocenters. The van der Waals surface area contributed by atoms with Gasteiger partial charge in [0.05, 0.1) is 19.1 Å². The number of nitrogens with two attached hydrogens (primary N) is 1. The molecule has 1 aromatic heterocycles. The molecule has 8 N–H and O–H groups in total. The highest BCUT2D eigenvalue weighted by atomic mass is 16.4. The summed E-state index contributed by atoms with van der Waals surface area (Å²) in [7, 11) is 0. The van der Waals surface area contributed by atoms with Gasteiger partial charge in [-0.15, -0.1) is 0 Å². The lowest BCUT2D eigenvalue weighted by Crippen LogP contribution is -2.56. The molecule has 0 aliphatic rings. The quantitative estimate of drug-likeness (QED) is 0.249. The Kier molecular flexibility index (Phi) is 7.28. The van der Waals surface area contributed by atoms with E-state index in [0.29, 0.717) is 0 Å². The third-order valence-electron chi connectivity index (χ3n) is 4.26. The molecular weight excluding hydrogens is 384 g/mol. The van der Waals surface area contributed by atoms with Gasteiger partial charge in [-0.3, -0.25) is 14.4 Å². The SMILES string of the molecule is NC(Cc1c[nH]c2ccccc12)C(=O)NC(CO)C(=O)NC(CC(=O)O)C(=O)O. The number of carbonyl (C=O) groups is 4. The zero-order valence-corrected chi connectivity index (χ0v) is 15.3. The molecule has 0 saturated heterocycles. The van der Waals surface area contributed by atoms with Gasteiger partial charge in [0.25, 0.3) is 0 Å². The number of rotatable bonds is 10. The first kappa shape index (κ1) is 21.9. The number of carboxylic acid groups (broad SMARTS) is 2. The molecule has 3 unspecified atom stereocenters. The number of benzene rings is 1. The molecular formula is C18H22N4O7. The molecule has 11 heteroatoms. The molecule has 11 nitrogen and oxygen atoms in total. The molecule has 1 heterocycles. The maximum atomic E-state index is 12.3. The normalized spacial score (nSPS) is 14.0. The fourth-order valence-corrected chi connectivity index (χ4v) is 2.75. The van der Waals surface area contributed by atoms with Crippen molar-refractivity contribution in [2.45, 2.75) is 31.0 Å². The van der Waals surface area contributed by atoms with Crippen LogP contribution in [-0.2, 0) is 25.6 Å². The van der Waals surface area contributed by atoms with Crippen LogP contribution in [0.2, 0.25) is 0 Å². The Morgan fingerprint density at radius 1 is 1.03 bits per heavy atom. The number of hydrogen-bond donors (Lipinski definition) is 7. The maximum Gasteiger partial charge on any atom is 0.326 e. The monoisotopic (exact) mass is 406 g/mol. The van der Waals surface area contributed by atoms with Gasteiger partial charge in [0.1, 0.15) is 12.1 Å². The zero-order valence-electron chi connectivity index (χ0n) is 15.3. The molecule has 0 aliphatic heterocycles. The van der Waals surface area contributed by atoms with E-state index in [2.05, 4.69) is 10.3 Å². The van der Waals surface area contributed by atoms with Crippen LogP contribution in [0.25, 0.3) is 10.9 Å². The first-order valence-electron chi connectivity index (χ1n) is 8.69. The molecule has 0 saturated carbocycles. The summed E-state index contributed by atoms with van der Waals surface area (Å²) in [6, 6.07) is 3.21. The van der Waals surface area contributed by atoms with Crippen LogP contribution in [-0.4, -0.2) is 68.8 Å². The lowest BCUT2D eigenvalue weighted by Gasteiger charge is -2.21. The summed E-state index contributed by atoms with van der Waals surface area (Å²) in [6.07, 6.45) is 1.02. The number of hydrogen-bond acceptors (Lipinski definition) is 6. The van der Waals surface area contributed by atoms with E-state index in [1.807, 2.05) is 29.6 Å². The Hall–Kier alpha value is -3.44. The molecule has 2 aromatic rings. The van der Waals surface area contributed by atoms with Crippen molar-refractivity contribution in [1.82, 2.24) is 15.6 Å². The van der Waals surface area contributed by atoms with Crippen LogP contribution in [0.5, 0.6) is 0 Å². The number of carbonyl (C=O) groups excluding carboxylic acids is 2. The van der Waals surface area contributed by atoms with E-state index in [1.54, 1.807) is 6.20 Å². The smallest absolute Gasteiger partial charge is 0.326 e. The highest BCUT2D eigenvalue weighted by Crippen LogP contribution is 2.18. The third-order valence-corrected chi connectivity index (χ3v) is 4.26. The molecule has 156 valence electrons. The number of H-pyrrole nitrogens is 1. The molecule has 0 spiro atoms. The fourth-order valence-electron chi connectivity index (χ4n) is 2.75. The highest BCUT2D eigenvalue weighted by molar-refractivity contribution is 5.93. The first-order valence-corrected chi connectivity index (χ1v) is 8.69. The van der Waals surface area contributed by atoms with Crippen LogP contribution in [0, 0.1) is 0 Å². The summed E-state index contributed by atoms with van der Waals surface area (Å²) in [5, 5.41) is 32.2. The lowest BCUT2D eigenvalue weighted by molar-refractivity contribution is -0.147. The predicted octanol–water partition coefficient (Wildman–Crippen LogP) is -1.44. The van der Waals surface area contributed by atoms with Gasteiger partial charge in [0.15, 0.2) is 0 Å². The van der Waals surface area contributed by atoms with Crippen LogP contribution in [0.1, 0.15) is 12.0 Å². The fraction of sp³-hybridized carbons (Fsp3) is 0.333. The minimum absolute atomic E-state index is 0.159. The summed E-state index contributed by atoms with van der Waals surface area (Å²) >= 11 is 0. The van der Waals surface area contributed by atoms with Crippen molar-refractivity contribution < 1.29 is 34.5 Å². The number of nitrogens with one attached hydrogen (secondary N) is 3. The van der Waals surface area contributed by atoms with E-state index >= 15 is 0 Å². The zero-order chi connectivity index (χ0) is 21.6. The molecule has 29 heavy (non-hydrogen) atoms. The van der Waals surface area contributed by atoms with E-state index in [-0.39, 0.29) is 6.42 Å². The molecule has 0 fully saturated rings. The molecule has 0 bridgehead atoms. The molecule has 0 radical (unpaired) electrons. The van der Waals surface area contributed by atoms with Gasteiger partial charge in [-0.2, -0.15) is 0 Å². The lowest BCUT2D eigenvalue weighted by atomic mass is 10.0. The van der Waals surface area contributed by atoms with Gasteiger partial charge in [-0.05, 0) is 18.1 Å². The number of amides is 2. The van der Waals surface area contributed by atoms with Gasteiger partial charge in [0, 0.05) is 17.1 Å². The first-order chi connectivity index (χ1) is 13.7. The number of fused-ring (bicyclic) bond motifs is 1. The topological polar surface area (TPSA) is 195 Å². The number of para-hydroxylation sites is 1. The summed E-state index contributed by atoms with van der Waals surface area (Å²) in [5.41, 5.74) is 7.57. The van der Waals surface area contributed by atoms with Crippen molar-refractivity contribution in [2.24, 2.45) is 5.73 Å². The number of aliphatic carboxylic acids is 2. The Balaban J connectivity index is 1.99. The van der Waals surface area contributed by atoms with Crippen molar-refractivity contribution >= 4 is 34.7 Å². The largest absolute Gasteiger partial charge is 0.481 e. The minimum atomic E-state index is -1.70. The van der Waals surface area contributed by atoms with Crippen LogP contribution in [0.15, 0.2) is 30.5 Å². The Morgan fingerprint density at radius 3 is 2.31 bits per heavy atom. The van der Waals surface area contributed by atoms with Crippen LogP contribution < -0.4 is 16.4 Å². The van der Waals surface area contributed by atoms with E-state index < -0.39 is 54.9 Å². The standard InChI is InChI=1S/C18H22N4O7/c19-11(5-9-7-20-12-4-2-1-3-10(9)12)16(26)22-14(8-23)17(27)21-13(18(28)29)6-15(24)25/h1-4,7,11,13-14,20,23H,5-6,8,19H2,(H,21,27)(H,22,26)(H,24,25)(H,28,29). The number of aromatic amines is 1. The maximum absolute atomic E-state index is 12.3. The van der Waals surface area contributed by atoms with Crippen molar-refractivity contribution in [2.75, 3.05) is 6.61 Å². The van der Waals surface area contributed by atoms with Crippen molar-refractivity contribution in [3.05, 3.63) is 36.0 Å². The van der Waals surface area contributed by atoms with Crippen LogP contribution in [0.3, 0.4) is 0 Å².